The Labute approximate surface area is 174 Å². The average molecular weight is 413 g/mol. The normalized spacial score (nSPS) is 17.4. The van der Waals surface area contributed by atoms with Gasteiger partial charge in [0.05, 0.1) is 25.3 Å². The van der Waals surface area contributed by atoms with Crippen LogP contribution in [0.2, 0.25) is 0 Å². The third-order valence-electron chi connectivity index (χ3n) is 5.02. The summed E-state index contributed by atoms with van der Waals surface area (Å²) in [6.07, 6.45) is 0. The molecular weight excluding hydrogens is 388 g/mol. The molecule has 2 aromatic rings. The van der Waals surface area contributed by atoms with Gasteiger partial charge in [-0.25, -0.2) is 0 Å². The van der Waals surface area contributed by atoms with Crippen LogP contribution in [0.25, 0.3) is 5.57 Å². The van der Waals surface area contributed by atoms with E-state index in [0.29, 0.717) is 37.6 Å². The Balaban J connectivity index is 1.52. The summed E-state index contributed by atoms with van der Waals surface area (Å²) in [4.78, 5) is 30.4. The fourth-order valence-corrected chi connectivity index (χ4v) is 4.52. The second-order valence-corrected chi connectivity index (χ2v) is 8.18. The Morgan fingerprint density at radius 2 is 1.79 bits per heavy atom. The van der Waals surface area contributed by atoms with E-state index in [4.69, 9.17) is 9.47 Å². The molecule has 7 heteroatoms. The second kappa shape index (κ2) is 8.39. The Kier molecular flexibility index (Phi) is 5.69. The predicted octanol–water partition coefficient (Wildman–Crippen LogP) is 2.86. The number of nitrogens with zero attached hydrogens (tertiary/aromatic N) is 2. The lowest BCUT2D eigenvalue weighted by atomic mass is 10.1. The molecule has 2 aliphatic rings. The highest BCUT2D eigenvalue weighted by molar-refractivity contribution is 7.11. The zero-order chi connectivity index (χ0) is 20.4. The van der Waals surface area contributed by atoms with Crippen LogP contribution in [0.15, 0.2) is 41.4 Å². The van der Waals surface area contributed by atoms with Gasteiger partial charge in [0, 0.05) is 18.0 Å². The monoisotopic (exact) mass is 412 g/mol. The van der Waals surface area contributed by atoms with Crippen molar-refractivity contribution in [2.24, 2.45) is 0 Å². The quantitative estimate of drug-likeness (QED) is 0.683. The molecule has 29 heavy (non-hydrogen) atoms. The molecular formula is C22H24N2O4S. The van der Waals surface area contributed by atoms with Crippen LogP contribution in [0, 0.1) is 13.8 Å². The lowest BCUT2D eigenvalue weighted by Crippen LogP contribution is -2.41. The summed E-state index contributed by atoms with van der Waals surface area (Å²) in [6.45, 7) is 6.82. The first-order chi connectivity index (χ1) is 14.0. The first kappa shape index (κ1) is 19.7. The Morgan fingerprint density at radius 1 is 1.07 bits per heavy atom. The van der Waals surface area contributed by atoms with Crippen molar-refractivity contribution in [2.75, 3.05) is 39.5 Å². The Bertz CT molecular complexity index is 925. The summed E-state index contributed by atoms with van der Waals surface area (Å²) in [5.41, 5.74) is 3.22. The lowest BCUT2D eigenvalue weighted by molar-refractivity contribution is -0.138. The van der Waals surface area contributed by atoms with Gasteiger partial charge in [-0.1, -0.05) is 12.1 Å². The van der Waals surface area contributed by atoms with Crippen molar-refractivity contribution in [2.45, 2.75) is 13.8 Å². The third-order valence-corrected chi connectivity index (χ3v) is 5.90. The molecule has 1 aromatic carbocycles. The molecule has 1 saturated heterocycles. The number of morpholine rings is 1. The van der Waals surface area contributed by atoms with E-state index in [1.54, 1.807) is 0 Å². The average Bonchev–Trinajstić information content (AvgIpc) is 3.30. The highest BCUT2D eigenvalue weighted by atomic mass is 32.1. The molecule has 0 unspecified atom stereocenters. The van der Waals surface area contributed by atoms with Crippen molar-refractivity contribution in [1.29, 1.82) is 0 Å². The molecule has 0 radical (unpaired) electrons. The summed E-state index contributed by atoms with van der Waals surface area (Å²) in [5.74, 6) is 0.258. The Morgan fingerprint density at radius 3 is 2.45 bits per heavy atom. The van der Waals surface area contributed by atoms with E-state index in [1.807, 2.05) is 48.4 Å². The number of aryl methyl sites for hydroxylation is 2. The van der Waals surface area contributed by atoms with E-state index in [1.165, 1.54) is 16.2 Å². The van der Waals surface area contributed by atoms with Gasteiger partial charge in [0.2, 0.25) is 0 Å². The van der Waals surface area contributed by atoms with E-state index in [-0.39, 0.29) is 25.0 Å². The number of hydrogen-bond donors (Lipinski definition) is 0. The highest BCUT2D eigenvalue weighted by Gasteiger charge is 2.42. The van der Waals surface area contributed by atoms with E-state index < -0.39 is 0 Å². The van der Waals surface area contributed by atoms with Crippen LogP contribution >= 0.6 is 11.3 Å². The van der Waals surface area contributed by atoms with Crippen LogP contribution < -0.4 is 4.74 Å². The summed E-state index contributed by atoms with van der Waals surface area (Å²) in [5, 5.41) is 1.92. The van der Waals surface area contributed by atoms with Crippen molar-refractivity contribution >= 4 is 28.7 Å². The summed E-state index contributed by atoms with van der Waals surface area (Å²) in [6, 6.07) is 9.77. The molecule has 152 valence electrons. The predicted molar refractivity (Wildman–Crippen MR) is 112 cm³/mol. The van der Waals surface area contributed by atoms with Gasteiger partial charge < -0.3 is 14.4 Å². The van der Waals surface area contributed by atoms with Gasteiger partial charge in [-0.15, -0.1) is 11.3 Å². The zero-order valence-corrected chi connectivity index (χ0v) is 17.5. The smallest absolute Gasteiger partial charge is 0.278 e. The first-order valence-corrected chi connectivity index (χ1v) is 10.6. The van der Waals surface area contributed by atoms with Crippen LogP contribution in [-0.4, -0.2) is 61.1 Å². The van der Waals surface area contributed by atoms with Crippen LogP contribution in [0.1, 0.15) is 16.0 Å². The molecule has 1 aromatic heterocycles. The van der Waals surface area contributed by atoms with Crippen molar-refractivity contribution in [1.82, 2.24) is 9.80 Å². The van der Waals surface area contributed by atoms with Crippen LogP contribution in [0.3, 0.4) is 0 Å². The number of rotatable bonds is 6. The van der Waals surface area contributed by atoms with Gasteiger partial charge in [-0.05, 0) is 48.6 Å². The molecule has 2 aliphatic heterocycles. The number of carbonyl (C=O) groups excluding carboxylic acids is 2. The van der Waals surface area contributed by atoms with Gasteiger partial charge in [-0.3, -0.25) is 14.5 Å². The minimum absolute atomic E-state index is 0.216. The largest absolute Gasteiger partial charge is 0.492 e. The summed E-state index contributed by atoms with van der Waals surface area (Å²) < 4.78 is 11.3. The van der Waals surface area contributed by atoms with Gasteiger partial charge in [-0.2, -0.15) is 0 Å². The number of thiophene rings is 1. The molecule has 0 saturated carbocycles. The third kappa shape index (κ3) is 4.06. The molecule has 2 amide bonds. The molecule has 0 spiro atoms. The standard InChI is InChI=1S/C22H24N2O4S/c1-15-12-16(2)14-17(13-15)28-10-7-24-21(25)19(18-4-3-11-29-18)20(22(24)26)23-5-8-27-9-6-23/h3-4,11-14H,5-10H2,1-2H3. The number of hydrogen-bond acceptors (Lipinski definition) is 6. The topological polar surface area (TPSA) is 59.1 Å². The SMILES string of the molecule is Cc1cc(C)cc(OCCN2C(=O)C(c3cccs3)=C(N3CCOCC3)C2=O)c1. The number of imide groups is 1. The fourth-order valence-electron chi connectivity index (χ4n) is 3.76. The molecule has 0 aliphatic carbocycles. The molecule has 0 atom stereocenters. The molecule has 0 bridgehead atoms. The summed E-state index contributed by atoms with van der Waals surface area (Å²) >= 11 is 1.47. The molecule has 0 N–H and O–H groups in total. The lowest BCUT2D eigenvalue weighted by Gasteiger charge is -2.29. The van der Waals surface area contributed by atoms with Gasteiger partial charge in [0.1, 0.15) is 18.1 Å². The van der Waals surface area contributed by atoms with Crippen LogP contribution in [-0.2, 0) is 14.3 Å². The molecule has 3 heterocycles. The van der Waals surface area contributed by atoms with E-state index in [0.717, 1.165) is 21.8 Å². The van der Waals surface area contributed by atoms with E-state index >= 15 is 0 Å². The minimum atomic E-state index is -0.247. The van der Waals surface area contributed by atoms with Gasteiger partial charge in [0.25, 0.3) is 11.8 Å². The van der Waals surface area contributed by atoms with Crippen molar-refractivity contribution in [3.8, 4) is 5.75 Å². The van der Waals surface area contributed by atoms with Crippen LogP contribution in [0.4, 0.5) is 0 Å². The minimum Gasteiger partial charge on any atom is -0.492 e. The molecule has 1 fully saturated rings. The number of ether oxygens (including phenoxy) is 2. The van der Waals surface area contributed by atoms with Crippen molar-refractivity contribution in [3.63, 3.8) is 0 Å². The van der Waals surface area contributed by atoms with E-state index in [9.17, 15) is 9.59 Å². The second-order valence-electron chi connectivity index (χ2n) is 7.23. The van der Waals surface area contributed by atoms with Crippen molar-refractivity contribution in [3.05, 3.63) is 57.4 Å². The van der Waals surface area contributed by atoms with E-state index in [2.05, 4.69) is 6.07 Å². The number of carbonyl (C=O) groups is 2. The van der Waals surface area contributed by atoms with Crippen LogP contribution in [0.5, 0.6) is 5.75 Å². The maximum absolute atomic E-state index is 13.2. The number of amides is 2. The Hall–Kier alpha value is -2.64. The summed E-state index contributed by atoms with van der Waals surface area (Å²) in [7, 11) is 0. The maximum atomic E-state index is 13.2. The van der Waals surface area contributed by atoms with Gasteiger partial charge in [0.15, 0.2) is 0 Å². The van der Waals surface area contributed by atoms with Crippen molar-refractivity contribution < 1.29 is 19.1 Å². The van der Waals surface area contributed by atoms with Gasteiger partial charge >= 0.3 is 0 Å². The number of benzene rings is 1. The zero-order valence-electron chi connectivity index (χ0n) is 16.6. The maximum Gasteiger partial charge on any atom is 0.278 e. The first-order valence-electron chi connectivity index (χ1n) is 9.73. The highest BCUT2D eigenvalue weighted by Crippen LogP contribution is 2.34. The molecule has 4 rings (SSSR count). The molecule has 6 nitrogen and oxygen atoms in total. The fraction of sp³-hybridized carbons (Fsp3) is 0.364.